The maximum absolute atomic E-state index is 12.2. The van der Waals surface area contributed by atoms with E-state index < -0.39 is 0 Å². The standard InChI is InChI=1S/C14H24N4O/c1-3-12(10-7-5-4-6-8-10)16-14(19)13-11(15)9-18(2)17-13/h9-10,12H,3-8,15H2,1-2H3,(H,16,19). The zero-order valence-corrected chi connectivity index (χ0v) is 11.9. The van der Waals surface area contributed by atoms with Gasteiger partial charge in [0.05, 0.1) is 5.69 Å². The largest absolute Gasteiger partial charge is 0.396 e. The number of aryl methyl sites for hydroxylation is 1. The molecule has 0 radical (unpaired) electrons. The lowest BCUT2D eigenvalue weighted by Crippen LogP contribution is -2.41. The Kier molecular flexibility index (Phi) is 4.45. The number of nitrogens with zero attached hydrogens (tertiary/aromatic N) is 2. The Morgan fingerprint density at radius 1 is 1.53 bits per heavy atom. The number of nitrogens with two attached hydrogens (primary N) is 1. The first-order chi connectivity index (χ1) is 9.11. The summed E-state index contributed by atoms with van der Waals surface area (Å²) < 4.78 is 1.58. The number of nitrogens with one attached hydrogen (secondary N) is 1. The number of carbonyl (C=O) groups is 1. The fourth-order valence-electron chi connectivity index (χ4n) is 3.01. The molecule has 106 valence electrons. The van der Waals surface area contributed by atoms with Gasteiger partial charge in [0.15, 0.2) is 5.69 Å². The average molecular weight is 264 g/mol. The molecule has 1 heterocycles. The van der Waals surface area contributed by atoms with Crippen LogP contribution in [0.25, 0.3) is 0 Å². The second-order valence-electron chi connectivity index (χ2n) is 5.49. The predicted octanol–water partition coefficient (Wildman–Crippen LogP) is 2.09. The Hall–Kier alpha value is -1.52. The third-order valence-corrected chi connectivity index (χ3v) is 4.05. The van der Waals surface area contributed by atoms with Gasteiger partial charge >= 0.3 is 0 Å². The van der Waals surface area contributed by atoms with E-state index in [0.717, 1.165) is 6.42 Å². The van der Waals surface area contributed by atoms with Crippen LogP contribution >= 0.6 is 0 Å². The SMILES string of the molecule is CCC(NC(=O)c1nn(C)cc1N)C1CCCCC1. The van der Waals surface area contributed by atoms with E-state index in [1.165, 1.54) is 32.1 Å². The summed E-state index contributed by atoms with van der Waals surface area (Å²) in [6, 6.07) is 0.245. The quantitative estimate of drug-likeness (QED) is 0.874. The number of aromatic nitrogens is 2. The van der Waals surface area contributed by atoms with E-state index >= 15 is 0 Å². The van der Waals surface area contributed by atoms with Crippen LogP contribution in [-0.4, -0.2) is 21.7 Å². The minimum absolute atomic E-state index is 0.143. The minimum atomic E-state index is -0.143. The number of hydrogen-bond donors (Lipinski definition) is 2. The number of amides is 1. The first-order valence-electron chi connectivity index (χ1n) is 7.21. The maximum Gasteiger partial charge on any atom is 0.274 e. The molecular formula is C14H24N4O. The van der Waals surface area contributed by atoms with Crippen LogP contribution in [0.2, 0.25) is 0 Å². The first kappa shape index (κ1) is 13.9. The van der Waals surface area contributed by atoms with Crippen LogP contribution < -0.4 is 11.1 Å². The van der Waals surface area contributed by atoms with Crippen molar-refractivity contribution >= 4 is 11.6 Å². The predicted molar refractivity (Wildman–Crippen MR) is 75.7 cm³/mol. The van der Waals surface area contributed by atoms with E-state index in [0.29, 0.717) is 17.3 Å². The Labute approximate surface area is 114 Å². The van der Waals surface area contributed by atoms with Gasteiger partial charge in [-0.3, -0.25) is 9.48 Å². The lowest BCUT2D eigenvalue weighted by molar-refractivity contribution is 0.0906. The van der Waals surface area contributed by atoms with E-state index in [9.17, 15) is 4.79 Å². The van der Waals surface area contributed by atoms with Crippen molar-refractivity contribution < 1.29 is 4.79 Å². The van der Waals surface area contributed by atoms with Gasteiger partial charge in [-0.2, -0.15) is 5.10 Å². The van der Waals surface area contributed by atoms with Crippen molar-refractivity contribution in [3.63, 3.8) is 0 Å². The maximum atomic E-state index is 12.2. The molecule has 0 bridgehead atoms. The molecular weight excluding hydrogens is 240 g/mol. The second-order valence-corrected chi connectivity index (χ2v) is 5.49. The molecule has 1 aliphatic carbocycles. The number of carbonyl (C=O) groups excluding carboxylic acids is 1. The zero-order valence-electron chi connectivity index (χ0n) is 11.9. The molecule has 1 unspecified atom stereocenters. The van der Waals surface area contributed by atoms with E-state index in [4.69, 9.17) is 5.73 Å². The van der Waals surface area contributed by atoms with Crippen LogP contribution in [0.5, 0.6) is 0 Å². The highest BCUT2D eigenvalue weighted by Crippen LogP contribution is 2.28. The number of nitrogen functional groups attached to an aromatic ring is 1. The fraction of sp³-hybridized carbons (Fsp3) is 0.714. The molecule has 1 fully saturated rings. The molecule has 2 rings (SSSR count). The number of hydrogen-bond acceptors (Lipinski definition) is 3. The molecule has 3 N–H and O–H groups in total. The van der Waals surface area contributed by atoms with Gasteiger partial charge in [-0.05, 0) is 25.2 Å². The molecule has 5 nitrogen and oxygen atoms in total. The van der Waals surface area contributed by atoms with Crippen molar-refractivity contribution in [2.24, 2.45) is 13.0 Å². The Morgan fingerprint density at radius 2 is 2.21 bits per heavy atom. The van der Waals surface area contributed by atoms with Gasteiger partial charge < -0.3 is 11.1 Å². The van der Waals surface area contributed by atoms with Crippen LogP contribution in [0.4, 0.5) is 5.69 Å². The first-order valence-corrected chi connectivity index (χ1v) is 7.21. The number of rotatable bonds is 4. The Morgan fingerprint density at radius 3 is 2.74 bits per heavy atom. The highest BCUT2D eigenvalue weighted by Gasteiger charge is 2.25. The van der Waals surface area contributed by atoms with E-state index in [1.54, 1.807) is 17.9 Å². The molecule has 0 aliphatic heterocycles. The van der Waals surface area contributed by atoms with E-state index in [1.807, 2.05) is 0 Å². The van der Waals surface area contributed by atoms with Crippen molar-refractivity contribution in [3.8, 4) is 0 Å². The third kappa shape index (κ3) is 3.28. The molecule has 1 aromatic heterocycles. The molecule has 0 aromatic carbocycles. The third-order valence-electron chi connectivity index (χ3n) is 4.05. The van der Waals surface area contributed by atoms with Crippen LogP contribution in [0, 0.1) is 5.92 Å². The lowest BCUT2D eigenvalue weighted by Gasteiger charge is -2.30. The fourth-order valence-corrected chi connectivity index (χ4v) is 3.01. The van der Waals surface area contributed by atoms with Gasteiger partial charge in [-0.25, -0.2) is 0 Å². The number of anilines is 1. The molecule has 1 saturated carbocycles. The monoisotopic (exact) mass is 264 g/mol. The summed E-state index contributed by atoms with van der Waals surface area (Å²) in [7, 11) is 1.77. The topological polar surface area (TPSA) is 72.9 Å². The second kappa shape index (κ2) is 6.08. The molecule has 1 aliphatic rings. The summed E-state index contributed by atoms with van der Waals surface area (Å²) in [4.78, 5) is 12.2. The van der Waals surface area contributed by atoms with Crippen molar-refractivity contribution in [1.29, 1.82) is 0 Å². The lowest BCUT2D eigenvalue weighted by atomic mass is 9.83. The summed E-state index contributed by atoms with van der Waals surface area (Å²) in [5.41, 5.74) is 6.58. The summed E-state index contributed by atoms with van der Waals surface area (Å²) in [6.07, 6.45) is 8.95. The molecule has 1 atom stereocenters. The van der Waals surface area contributed by atoms with Crippen molar-refractivity contribution in [2.75, 3.05) is 5.73 Å². The highest BCUT2D eigenvalue weighted by atomic mass is 16.2. The van der Waals surface area contributed by atoms with Crippen LogP contribution in [0.15, 0.2) is 6.20 Å². The molecule has 5 heteroatoms. The molecule has 1 aromatic rings. The molecule has 1 amide bonds. The van der Waals surface area contributed by atoms with Crippen molar-refractivity contribution in [3.05, 3.63) is 11.9 Å². The highest BCUT2D eigenvalue weighted by molar-refractivity contribution is 5.97. The van der Waals surface area contributed by atoms with Crippen molar-refractivity contribution in [1.82, 2.24) is 15.1 Å². The molecule has 0 spiro atoms. The zero-order chi connectivity index (χ0) is 13.8. The van der Waals surface area contributed by atoms with Gasteiger partial charge in [0.25, 0.3) is 5.91 Å². The normalized spacial score (nSPS) is 18.2. The summed E-state index contributed by atoms with van der Waals surface area (Å²) in [5, 5.41) is 7.23. The smallest absolute Gasteiger partial charge is 0.274 e. The summed E-state index contributed by atoms with van der Waals surface area (Å²) in [6.45, 7) is 2.13. The summed E-state index contributed by atoms with van der Waals surface area (Å²) in [5.74, 6) is 0.461. The van der Waals surface area contributed by atoms with Crippen LogP contribution in [0.3, 0.4) is 0 Å². The van der Waals surface area contributed by atoms with Gasteiger partial charge in [-0.1, -0.05) is 26.2 Å². The Bertz CT molecular complexity index is 435. The van der Waals surface area contributed by atoms with Gasteiger partial charge in [-0.15, -0.1) is 0 Å². The van der Waals surface area contributed by atoms with E-state index in [2.05, 4.69) is 17.3 Å². The van der Waals surface area contributed by atoms with Gasteiger partial charge in [0, 0.05) is 19.3 Å². The average Bonchev–Trinajstić information content (AvgIpc) is 2.76. The van der Waals surface area contributed by atoms with Gasteiger partial charge in [0.1, 0.15) is 0 Å². The summed E-state index contributed by atoms with van der Waals surface area (Å²) >= 11 is 0. The molecule has 0 saturated heterocycles. The van der Waals surface area contributed by atoms with Gasteiger partial charge in [0.2, 0.25) is 0 Å². The van der Waals surface area contributed by atoms with Crippen LogP contribution in [-0.2, 0) is 7.05 Å². The minimum Gasteiger partial charge on any atom is -0.396 e. The molecule has 19 heavy (non-hydrogen) atoms. The van der Waals surface area contributed by atoms with E-state index in [-0.39, 0.29) is 11.9 Å². The van der Waals surface area contributed by atoms with Crippen LogP contribution in [0.1, 0.15) is 55.9 Å². The Balaban J connectivity index is 2.01. The van der Waals surface area contributed by atoms with Crippen molar-refractivity contribution in [2.45, 2.75) is 51.5 Å².